The average Bonchev–Trinajstić information content (AvgIpc) is 2.68. The molecule has 4 aromatic rings. The van der Waals surface area contributed by atoms with Crippen LogP contribution in [0.1, 0.15) is 22.6 Å². The third kappa shape index (κ3) is 2.43. The minimum atomic E-state index is -0.643. The molecule has 1 atom stereocenters. The monoisotopic (exact) mass is 422 g/mol. The molecule has 0 saturated heterocycles. The Hall–Kier alpha value is -3.19. The predicted octanol–water partition coefficient (Wildman–Crippen LogP) is 3.92. The molecule has 1 unspecified atom stereocenters. The molecule has 132 valence electrons. The van der Waals surface area contributed by atoms with Gasteiger partial charge in [0.1, 0.15) is 5.58 Å². The summed E-state index contributed by atoms with van der Waals surface area (Å²) < 4.78 is 12.3. The molecular weight excluding hydrogens is 412 g/mol. The maximum Gasteiger partial charge on any atom is 0.344 e. The summed E-state index contributed by atoms with van der Waals surface area (Å²) in [5, 5.41) is 0.655. The minimum absolute atomic E-state index is 0.190. The van der Waals surface area contributed by atoms with Crippen LogP contribution in [0, 0.1) is 0 Å². The first-order valence-corrected chi connectivity index (χ1v) is 8.99. The SMILES string of the molecule is O=c1[nH]cnc2c1C(c1ccc(Br)cc1)c1c(c3ccccc3oc1=O)O2. The molecule has 0 aliphatic carbocycles. The van der Waals surface area contributed by atoms with Gasteiger partial charge in [0.25, 0.3) is 5.56 Å². The topological polar surface area (TPSA) is 85.2 Å². The number of fused-ring (bicyclic) bond motifs is 4. The fraction of sp³-hybridized carbons (Fsp3) is 0.0500. The highest BCUT2D eigenvalue weighted by Gasteiger charge is 2.36. The van der Waals surface area contributed by atoms with Crippen LogP contribution in [0.25, 0.3) is 11.0 Å². The van der Waals surface area contributed by atoms with Gasteiger partial charge in [-0.15, -0.1) is 0 Å². The van der Waals surface area contributed by atoms with E-state index in [1.165, 1.54) is 6.33 Å². The first-order chi connectivity index (χ1) is 13.1. The minimum Gasteiger partial charge on any atom is -0.437 e. The molecular formula is C20H11BrN2O4. The molecule has 7 heteroatoms. The van der Waals surface area contributed by atoms with Crippen molar-refractivity contribution >= 4 is 26.9 Å². The number of hydrogen-bond acceptors (Lipinski definition) is 5. The lowest BCUT2D eigenvalue weighted by Gasteiger charge is -2.26. The first-order valence-electron chi connectivity index (χ1n) is 8.20. The molecule has 0 bridgehead atoms. The Bertz CT molecular complexity index is 1310. The number of halogens is 1. The summed E-state index contributed by atoms with van der Waals surface area (Å²) in [5.74, 6) is -0.0783. The standard InChI is InChI=1S/C20H11BrN2O4/c21-11-7-5-10(6-8-11)14-15-17(27-19-16(14)18(24)22-9-23-19)12-3-1-2-4-13(12)26-20(15)25/h1-9,14H,(H,22,23,24). The number of rotatable bonds is 1. The molecule has 6 nitrogen and oxygen atoms in total. The summed E-state index contributed by atoms with van der Waals surface area (Å²) in [7, 11) is 0. The number of hydrogen-bond donors (Lipinski definition) is 1. The Morgan fingerprint density at radius 2 is 1.78 bits per heavy atom. The van der Waals surface area contributed by atoms with Crippen molar-refractivity contribution in [2.24, 2.45) is 0 Å². The van der Waals surface area contributed by atoms with Gasteiger partial charge in [0.05, 0.1) is 28.8 Å². The van der Waals surface area contributed by atoms with Gasteiger partial charge in [0.2, 0.25) is 5.88 Å². The lowest BCUT2D eigenvalue weighted by Crippen LogP contribution is -2.27. The van der Waals surface area contributed by atoms with E-state index in [0.29, 0.717) is 22.3 Å². The lowest BCUT2D eigenvalue weighted by atomic mass is 9.84. The van der Waals surface area contributed by atoms with Crippen LogP contribution in [0.3, 0.4) is 0 Å². The van der Waals surface area contributed by atoms with Crippen molar-refractivity contribution < 1.29 is 9.15 Å². The molecule has 1 aliphatic heterocycles. The Labute approximate surface area is 160 Å². The fourth-order valence-electron chi connectivity index (χ4n) is 3.45. The van der Waals surface area contributed by atoms with Crippen molar-refractivity contribution in [3.05, 3.63) is 96.8 Å². The van der Waals surface area contributed by atoms with E-state index in [4.69, 9.17) is 9.15 Å². The maximum absolute atomic E-state index is 12.9. The van der Waals surface area contributed by atoms with Crippen LogP contribution in [-0.2, 0) is 0 Å². The van der Waals surface area contributed by atoms with Gasteiger partial charge in [0.15, 0.2) is 5.75 Å². The molecule has 0 spiro atoms. The molecule has 0 amide bonds. The molecule has 0 saturated carbocycles. The Kier molecular flexibility index (Phi) is 3.51. The molecule has 5 rings (SSSR count). The van der Waals surface area contributed by atoms with Crippen molar-refractivity contribution in [1.82, 2.24) is 9.97 Å². The van der Waals surface area contributed by atoms with E-state index in [2.05, 4.69) is 25.9 Å². The summed E-state index contributed by atoms with van der Waals surface area (Å²) in [6.45, 7) is 0. The van der Waals surface area contributed by atoms with E-state index < -0.39 is 11.5 Å². The number of nitrogens with zero attached hydrogens (tertiary/aromatic N) is 1. The van der Waals surface area contributed by atoms with Crippen molar-refractivity contribution in [1.29, 1.82) is 0 Å². The lowest BCUT2D eigenvalue weighted by molar-refractivity contribution is 0.420. The smallest absolute Gasteiger partial charge is 0.344 e. The fourth-order valence-corrected chi connectivity index (χ4v) is 3.72. The van der Waals surface area contributed by atoms with Gasteiger partial charge >= 0.3 is 5.63 Å². The third-order valence-electron chi connectivity index (χ3n) is 4.63. The van der Waals surface area contributed by atoms with Crippen LogP contribution in [0.5, 0.6) is 11.6 Å². The van der Waals surface area contributed by atoms with Crippen LogP contribution >= 0.6 is 15.9 Å². The molecule has 1 N–H and O–H groups in total. The molecule has 1 aliphatic rings. The second kappa shape index (κ2) is 5.92. The molecule has 3 heterocycles. The van der Waals surface area contributed by atoms with E-state index in [9.17, 15) is 9.59 Å². The van der Waals surface area contributed by atoms with Crippen LogP contribution < -0.4 is 15.9 Å². The quantitative estimate of drug-likeness (QED) is 0.413. The van der Waals surface area contributed by atoms with Crippen LogP contribution in [0.15, 0.2) is 73.3 Å². The second-order valence-electron chi connectivity index (χ2n) is 6.17. The van der Waals surface area contributed by atoms with Gasteiger partial charge in [0, 0.05) is 4.47 Å². The van der Waals surface area contributed by atoms with Gasteiger partial charge in [-0.2, -0.15) is 0 Å². The Morgan fingerprint density at radius 3 is 2.59 bits per heavy atom. The maximum atomic E-state index is 12.9. The number of benzene rings is 2. The molecule has 0 fully saturated rings. The number of aromatic nitrogens is 2. The van der Waals surface area contributed by atoms with Gasteiger partial charge in [-0.1, -0.05) is 40.2 Å². The number of aromatic amines is 1. The number of ether oxygens (including phenoxy) is 1. The zero-order valence-corrected chi connectivity index (χ0v) is 15.3. The van der Waals surface area contributed by atoms with E-state index in [-0.39, 0.29) is 17.0 Å². The number of para-hydroxylation sites is 1. The normalized spacial score (nSPS) is 15.1. The highest BCUT2D eigenvalue weighted by molar-refractivity contribution is 9.10. The summed E-state index contributed by atoms with van der Waals surface area (Å²) in [6.07, 6.45) is 1.29. The molecule has 2 aromatic heterocycles. The summed E-state index contributed by atoms with van der Waals surface area (Å²) >= 11 is 3.41. The van der Waals surface area contributed by atoms with Crippen molar-refractivity contribution in [3.8, 4) is 11.6 Å². The molecule has 27 heavy (non-hydrogen) atoms. The van der Waals surface area contributed by atoms with E-state index in [1.54, 1.807) is 12.1 Å². The zero-order chi connectivity index (χ0) is 18.5. The summed E-state index contributed by atoms with van der Waals surface area (Å²) in [6, 6.07) is 14.6. The van der Waals surface area contributed by atoms with Crippen LogP contribution in [0.4, 0.5) is 0 Å². The van der Waals surface area contributed by atoms with E-state index >= 15 is 0 Å². The highest BCUT2D eigenvalue weighted by atomic mass is 79.9. The number of H-pyrrole nitrogens is 1. The van der Waals surface area contributed by atoms with Gasteiger partial charge in [-0.25, -0.2) is 9.78 Å². The van der Waals surface area contributed by atoms with Gasteiger partial charge in [-0.05, 0) is 29.8 Å². The van der Waals surface area contributed by atoms with Crippen LogP contribution in [0.2, 0.25) is 0 Å². The van der Waals surface area contributed by atoms with Crippen LogP contribution in [-0.4, -0.2) is 9.97 Å². The van der Waals surface area contributed by atoms with E-state index in [0.717, 1.165) is 10.0 Å². The summed E-state index contributed by atoms with van der Waals surface area (Å²) in [5.41, 5.74) is 0.878. The Balaban J connectivity index is 1.91. The molecule has 0 radical (unpaired) electrons. The Morgan fingerprint density at radius 1 is 1.00 bits per heavy atom. The predicted molar refractivity (Wildman–Crippen MR) is 103 cm³/mol. The van der Waals surface area contributed by atoms with Crippen molar-refractivity contribution in [2.75, 3.05) is 0 Å². The molecule has 2 aromatic carbocycles. The second-order valence-corrected chi connectivity index (χ2v) is 7.08. The van der Waals surface area contributed by atoms with Crippen molar-refractivity contribution in [3.63, 3.8) is 0 Å². The third-order valence-corrected chi connectivity index (χ3v) is 5.16. The highest BCUT2D eigenvalue weighted by Crippen LogP contribution is 2.46. The van der Waals surface area contributed by atoms with Gasteiger partial charge in [-0.3, -0.25) is 4.79 Å². The largest absolute Gasteiger partial charge is 0.437 e. The van der Waals surface area contributed by atoms with E-state index in [1.807, 2.05) is 36.4 Å². The average molecular weight is 423 g/mol. The number of nitrogens with one attached hydrogen (secondary N) is 1. The zero-order valence-electron chi connectivity index (χ0n) is 13.7. The van der Waals surface area contributed by atoms with Gasteiger partial charge < -0.3 is 14.1 Å². The first kappa shape index (κ1) is 16.0. The van der Waals surface area contributed by atoms with Crippen molar-refractivity contribution in [2.45, 2.75) is 5.92 Å². The summed E-state index contributed by atoms with van der Waals surface area (Å²) in [4.78, 5) is 32.2.